The average molecular weight is 335 g/mol. The van der Waals surface area contributed by atoms with Crippen molar-refractivity contribution in [3.8, 4) is 0 Å². The van der Waals surface area contributed by atoms with Gasteiger partial charge < -0.3 is 10.5 Å². The van der Waals surface area contributed by atoms with Gasteiger partial charge in [-0.15, -0.1) is 0 Å². The first-order chi connectivity index (χ1) is 9.86. The Hall–Kier alpha value is -1.23. The number of likely N-dealkylation sites (N-methyl/N-ethyl adjacent to an activating group) is 1. The Labute approximate surface area is 126 Å². The van der Waals surface area contributed by atoms with Crippen molar-refractivity contribution in [3.05, 3.63) is 16.2 Å². The second-order valence-electron chi connectivity index (χ2n) is 4.66. The van der Waals surface area contributed by atoms with Crippen LogP contribution in [0, 0.1) is 10.1 Å². The van der Waals surface area contributed by atoms with Crippen LogP contribution in [0.15, 0.2) is 10.3 Å². The minimum absolute atomic E-state index is 0.105. The number of nitrogens with zero attached hydrogens (tertiary/aromatic N) is 2. The highest BCUT2D eigenvalue weighted by atomic mass is 32.2. The predicted octanol–water partition coefficient (Wildman–Crippen LogP) is 1.43. The molecule has 118 valence electrons. The molecule has 1 saturated heterocycles. The molecule has 0 aromatic carbocycles. The molecule has 1 aliphatic rings. The van der Waals surface area contributed by atoms with Crippen molar-refractivity contribution in [1.82, 2.24) is 4.31 Å². The number of sulfonamides is 1. The van der Waals surface area contributed by atoms with E-state index in [1.165, 1.54) is 4.31 Å². The highest BCUT2D eigenvalue weighted by molar-refractivity contribution is 7.91. The van der Waals surface area contributed by atoms with Crippen LogP contribution in [0.25, 0.3) is 0 Å². The highest BCUT2D eigenvalue weighted by Crippen LogP contribution is 2.36. The first-order valence-electron chi connectivity index (χ1n) is 6.51. The van der Waals surface area contributed by atoms with Gasteiger partial charge in [0.05, 0.1) is 11.0 Å². The van der Waals surface area contributed by atoms with Gasteiger partial charge >= 0.3 is 5.69 Å². The summed E-state index contributed by atoms with van der Waals surface area (Å²) in [6.07, 6.45) is 1.62. The molecule has 0 bridgehead atoms. The first kappa shape index (κ1) is 16.1. The van der Waals surface area contributed by atoms with Crippen LogP contribution >= 0.6 is 11.3 Å². The highest BCUT2D eigenvalue weighted by Gasteiger charge is 2.31. The molecule has 1 aliphatic heterocycles. The SMILES string of the molecule is CCN(CC1CCCO1)S(=O)(=O)c1cc([N+](=O)[O-])c(N)s1. The molecule has 2 N–H and O–H groups in total. The summed E-state index contributed by atoms with van der Waals surface area (Å²) in [4.78, 5) is 10.1. The Morgan fingerprint density at radius 1 is 1.62 bits per heavy atom. The van der Waals surface area contributed by atoms with E-state index in [-0.39, 0.29) is 34.1 Å². The van der Waals surface area contributed by atoms with Gasteiger partial charge in [0.15, 0.2) is 5.00 Å². The Morgan fingerprint density at radius 3 is 2.81 bits per heavy atom. The fraction of sp³-hybridized carbons (Fsp3) is 0.636. The summed E-state index contributed by atoms with van der Waals surface area (Å²) in [5, 5.41) is 10.7. The molecule has 1 atom stereocenters. The van der Waals surface area contributed by atoms with Gasteiger partial charge in [-0.2, -0.15) is 4.31 Å². The largest absolute Gasteiger partial charge is 0.385 e. The number of thiophene rings is 1. The fourth-order valence-corrected chi connectivity index (χ4v) is 5.03. The number of nitrogen functional groups attached to an aromatic ring is 1. The van der Waals surface area contributed by atoms with Gasteiger partial charge in [0.2, 0.25) is 0 Å². The summed E-state index contributed by atoms with van der Waals surface area (Å²) < 4.78 is 31.7. The van der Waals surface area contributed by atoms with Gasteiger partial charge in [-0.25, -0.2) is 8.42 Å². The van der Waals surface area contributed by atoms with Crippen LogP contribution < -0.4 is 5.73 Å². The molecule has 2 rings (SSSR count). The average Bonchev–Trinajstić information content (AvgIpc) is 3.04. The number of hydrogen-bond acceptors (Lipinski definition) is 7. The van der Waals surface area contributed by atoms with Crippen LogP contribution in [0.3, 0.4) is 0 Å². The Balaban J connectivity index is 2.25. The molecule has 0 saturated carbocycles. The van der Waals surface area contributed by atoms with Gasteiger partial charge in [0, 0.05) is 25.8 Å². The summed E-state index contributed by atoms with van der Waals surface area (Å²) in [7, 11) is -3.79. The first-order valence-corrected chi connectivity index (χ1v) is 8.77. The van der Waals surface area contributed by atoms with Crippen molar-refractivity contribution in [2.45, 2.75) is 30.1 Å². The van der Waals surface area contributed by atoms with Crippen molar-refractivity contribution >= 4 is 32.0 Å². The van der Waals surface area contributed by atoms with E-state index in [0.717, 1.165) is 18.9 Å². The molecule has 1 aromatic heterocycles. The van der Waals surface area contributed by atoms with Gasteiger partial charge in [-0.3, -0.25) is 10.1 Å². The molecule has 2 heterocycles. The normalized spacial score (nSPS) is 19.2. The molecular formula is C11H17N3O5S2. The minimum Gasteiger partial charge on any atom is -0.385 e. The third-order valence-corrected chi connectivity index (χ3v) is 6.64. The van der Waals surface area contributed by atoms with E-state index in [2.05, 4.69) is 0 Å². The Kier molecular flexibility index (Phi) is 4.81. The van der Waals surface area contributed by atoms with Crippen LogP contribution in [0.2, 0.25) is 0 Å². The third-order valence-electron chi connectivity index (χ3n) is 3.29. The number of nitro groups is 1. The van der Waals surface area contributed by atoms with Crippen LogP contribution in [-0.4, -0.2) is 43.4 Å². The van der Waals surface area contributed by atoms with E-state index in [0.29, 0.717) is 17.9 Å². The second-order valence-corrected chi connectivity index (χ2v) is 7.91. The van der Waals surface area contributed by atoms with Gasteiger partial charge in [-0.05, 0) is 12.8 Å². The van der Waals surface area contributed by atoms with Crippen LogP contribution in [0.4, 0.5) is 10.7 Å². The Bertz CT molecular complexity index is 622. The monoisotopic (exact) mass is 335 g/mol. The van der Waals surface area contributed by atoms with Crippen molar-refractivity contribution in [1.29, 1.82) is 0 Å². The van der Waals surface area contributed by atoms with Crippen molar-refractivity contribution in [2.24, 2.45) is 0 Å². The molecule has 21 heavy (non-hydrogen) atoms. The maximum Gasteiger partial charge on any atom is 0.304 e. The molecule has 0 aliphatic carbocycles. The van der Waals surface area contributed by atoms with E-state index in [1.54, 1.807) is 6.92 Å². The molecule has 0 spiro atoms. The minimum atomic E-state index is -3.79. The van der Waals surface area contributed by atoms with Crippen molar-refractivity contribution in [2.75, 3.05) is 25.4 Å². The van der Waals surface area contributed by atoms with Crippen LogP contribution in [0.1, 0.15) is 19.8 Å². The molecule has 10 heteroatoms. The molecule has 1 unspecified atom stereocenters. The van der Waals surface area contributed by atoms with Crippen LogP contribution in [0.5, 0.6) is 0 Å². The molecule has 0 amide bonds. The van der Waals surface area contributed by atoms with Gasteiger partial charge in [0.1, 0.15) is 4.21 Å². The lowest BCUT2D eigenvalue weighted by molar-refractivity contribution is -0.383. The van der Waals surface area contributed by atoms with Crippen molar-refractivity contribution < 1.29 is 18.1 Å². The zero-order chi connectivity index (χ0) is 15.6. The lowest BCUT2D eigenvalue weighted by Crippen LogP contribution is -2.36. The molecule has 8 nitrogen and oxygen atoms in total. The number of rotatable bonds is 6. The zero-order valence-corrected chi connectivity index (χ0v) is 13.2. The second kappa shape index (κ2) is 6.26. The number of anilines is 1. The van der Waals surface area contributed by atoms with E-state index < -0.39 is 14.9 Å². The quantitative estimate of drug-likeness (QED) is 0.621. The zero-order valence-electron chi connectivity index (χ0n) is 11.5. The summed E-state index contributed by atoms with van der Waals surface area (Å²) >= 11 is 0.717. The Morgan fingerprint density at radius 2 is 2.33 bits per heavy atom. The summed E-state index contributed by atoms with van der Waals surface area (Å²) in [6, 6.07) is 1.02. The fourth-order valence-electron chi connectivity index (χ4n) is 2.18. The number of ether oxygens (including phenoxy) is 1. The summed E-state index contributed by atoms with van der Waals surface area (Å²) in [5.74, 6) is 0. The lowest BCUT2D eigenvalue weighted by Gasteiger charge is -2.22. The maximum absolute atomic E-state index is 12.5. The predicted molar refractivity (Wildman–Crippen MR) is 78.8 cm³/mol. The number of hydrogen-bond donors (Lipinski definition) is 1. The summed E-state index contributed by atoms with van der Waals surface area (Å²) in [5.41, 5.74) is 5.14. The molecule has 1 aromatic rings. The van der Waals surface area contributed by atoms with E-state index in [4.69, 9.17) is 10.5 Å². The summed E-state index contributed by atoms with van der Waals surface area (Å²) in [6.45, 7) is 2.88. The van der Waals surface area contributed by atoms with E-state index >= 15 is 0 Å². The van der Waals surface area contributed by atoms with Gasteiger partial charge in [0.25, 0.3) is 10.0 Å². The maximum atomic E-state index is 12.5. The molecule has 1 fully saturated rings. The lowest BCUT2D eigenvalue weighted by atomic mass is 10.2. The van der Waals surface area contributed by atoms with E-state index in [9.17, 15) is 18.5 Å². The molecular weight excluding hydrogens is 318 g/mol. The molecule has 0 radical (unpaired) electrons. The van der Waals surface area contributed by atoms with Gasteiger partial charge in [-0.1, -0.05) is 18.3 Å². The standard InChI is InChI=1S/C11H17N3O5S2/c1-2-13(7-8-4-3-5-19-8)21(17,18)10-6-9(14(15)16)11(12)20-10/h6,8H,2-5,7,12H2,1H3. The van der Waals surface area contributed by atoms with Crippen molar-refractivity contribution in [3.63, 3.8) is 0 Å². The van der Waals surface area contributed by atoms with E-state index in [1.807, 2.05) is 0 Å². The topological polar surface area (TPSA) is 116 Å². The number of nitrogens with two attached hydrogens (primary N) is 1. The smallest absolute Gasteiger partial charge is 0.304 e. The third kappa shape index (κ3) is 3.34. The van der Waals surface area contributed by atoms with Crippen LogP contribution in [-0.2, 0) is 14.8 Å².